The van der Waals surface area contributed by atoms with Crippen molar-refractivity contribution >= 4 is 28.3 Å². The number of carbonyl (C=O) groups is 1. The molecule has 0 bridgehead atoms. The molecule has 1 aliphatic rings. The van der Waals surface area contributed by atoms with Crippen molar-refractivity contribution in [3.05, 3.63) is 43.0 Å². The van der Waals surface area contributed by atoms with E-state index in [2.05, 4.69) is 25.6 Å². The highest BCUT2D eigenvalue weighted by atomic mass is 16.2. The maximum atomic E-state index is 12.0. The number of amides is 1. The number of fused-ring (bicyclic) bond motifs is 1. The molecule has 0 spiro atoms. The summed E-state index contributed by atoms with van der Waals surface area (Å²) in [6.45, 7) is 0. The zero-order chi connectivity index (χ0) is 16.5. The molecule has 1 amide bonds. The predicted molar refractivity (Wildman–Crippen MR) is 93.7 cm³/mol. The molecule has 0 aliphatic heterocycles. The number of nitrogens with zero attached hydrogens (tertiary/aromatic N) is 3. The van der Waals surface area contributed by atoms with Crippen LogP contribution in [0.15, 0.2) is 43.0 Å². The van der Waals surface area contributed by atoms with Crippen LogP contribution in [0.25, 0.3) is 21.9 Å². The molecular formula is C18H17N5O. The molecule has 3 aromatic rings. The molecule has 24 heavy (non-hydrogen) atoms. The third kappa shape index (κ3) is 2.67. The lowest BCUT2D eigenvalue weighted by molar-refractivity contribution is -0.117. The number of nitrogens with one attached hydrogen (secondary N) is 2. The third-order valence-electron chi connectivity index (χ3n) is 4.20. The lowest BCUT2D eigenvalue weighted by atomic mass is 10.0. The molecule has 0 atom stereocenters. The zero-order valence-corrected chi connectivity index (χ0v) is 13.3. The normalized spacial score (nSPS) is 13.7. The van der Waals surface area contributed by atoms with Gasteiger partial charge in [-0.1, -0.05) is 0 Å². The van der Waals surface area contributed by atoms with Gasteiger partial charge in [-0.25, -0.2) is 9.97 Å². The van der Waals surface area contributed by atoms with Crippen molar-refractivity contribution in [3.8, 4) is 11.1 Å². The summed E-state index contributed by atoms with van der Waals surface area (Å²) in [5.41, 5.74) is 2.01. The van der Waals surface area contributed by atoms with Gasteiger partial charge in [-0.3, -0.25) is 9.78 Å². The van der Waals surface area contributed by atoms with Crippen molar-refractivity contribution in [2.24, 2.45) is 5.92 Å². The fourth-order valence-corrected chi connectivity index (χ4v) is 2.74. The van der Waals surface area contributed by atoms with Crippen LogP contribution in [0, 0.1) is 5.92 Å². The number of rotatable bonds is 4. The van der Waals surface area contributed by atoms with Crippen LogP contribution in [0.1, 0.15) is 12.8 Å². The highest BCUT2D eigenvalue weighted by Crippen LogP contribution is 2.33. The number of aromatic nitrogens is 3. The van der Waals surface area contributed by atoms with E-state index in [0.717, 1.165) is 40.6 Å². The van der Waals surface area contributed by atoms with Crippen molar-refractivity contribution in [2.75, 3.05) is 17.7 Å². The van der Waals surface area contributed by atoms with Gasteiger partial charge in [0.2, 0.25) is 5.91 Å². The Morgan fingerprint density at radius 1 is 1.12 bits per heavy atom. The lowest BCUT2D eigenvalue weighted by Crippen LogP contribution is -2.14. The zero-order valence-electron chi connectivity index (χ0n) is 13.3. The van der Waals surface area contributed by atoms with E-state index >= 15 is 0 Å². The highest BCUT2D eigenvalue weighted by molar-refractivity contribution is 6.03. The Morgan fingerprint density at radius 2 is 1.92 bits per heavy atom. The van der Waals surface area contributed by atoms with Crippen LogP contribution >= 0.6 is 0 Å². The van der Waals surface area contributed by atoms with Gasteiger partial charge < -0.3 is 10.6 Å². The molecule has 0 radical (unpaired) electrons. The van der Waals surface area contributed by atoms with E-state index < -0.39 is 0 Å². The number of carbonyl (C=O) groups excluding carboxylic acids is 1. The standard InChI is InChI=1S/C18H17N5O/c1-19-17-15-10-21-16(23-18(24)12-2-3-12)8-13(15)14(9-22-17)11-4-6-20-7-5-11/h4-10,12H,2-3H2,1H3,(H,19,22)(H,21,23,24). The molecule has 1 aliphatic carbocycles. The second-order valence-electron chi connectivity index (χ2n) is 5.89. The van der Waals surface area contributed by atoms with Crippen LogP contribution in [0.4, 0.5) is 11.6 Å². The molecule has 0 unspecified atom stereocenters. The largest absolute Gasteiger partial charge is 0.373 e. The fourth-order valence-electron chi connectivity index (χ4n) is 2.74. The summed E-state index contributed by atoms with van der Waals surface area (Å²) in [6.07, 6.45) is 9.02. The van der Waals surface area contributed by atoms with E-state index in [1.54, 1.807) is 18.6 Å². The molecule has 1 saturated carbocycles. The Kier molecular flexibility index (Phi) is 3.57. The Labute approximate surface area is 139 Å². The molecule has 120 valence electrons. The average molecular weight is 319 g/mol. The van der Waals surface area contributed by atoms with Crippen LogP contribution in [-0.2, 0) is 4.79 Å². The first kappa shape index (κ1) is 14.6. The Morgan fingerprint density at radius 3 is 2.62 bits per heavy atom. The maximum absolute atomic E-state index is 12.0. The minimum Gasteiger partial charge on any atom is -0.373 e. The molecule has 3 aromatic heterocycles. The maximum Gasteiger partial charge on any atom is 0.228 e. The number of hydrogen-bond acceptors (Lipinski definition) is 5. The Balaban J connectivity index is 1.84. The molecule has 4 rings (SSSR count). The molecule has 6 nitrogen and oxygen atoms in total. The monoisotopic (exact) mass is 319 g/mol. The first-order valence-electron chi connectivity index (χ1n) is 7.94. The van der Waals surface area contributed by atoms with E-state index in [9.17, 15) is 4.79 Å². The van der Waals surface area contributed by atoms with Gasteiger partial charge in [0.15, 0.2) is 0 Å². The van der Waals surface area contributed by atoms with Gasteiger partial charge in [0.25, 0.3) is 0 Å². The summed E-state index contributed by atoms with van der Waals surface area (Å²) in [4.78, 5) is 24.9. The second kappa shape index (κ2) is 5.88. The SMILES string of the molecule is CNc1ncc(-c2ccncc2)c2cc(NC(=O)C3CC3)ncc12. The van der Waals surface area contributed by atoms with Crippen LogP contribution in [0.2, 0.25) is 0 Å². The molecule has 2 N–H and O–H groups in total. The summed E-state index contributed by atoms with van der Waals surface area (Å²) in [5.74, 6) is 1.53. The first-order chi connectivity index (χ1) is 11.8. The van der Waals surface area contributed by atoms with Crippen molar-refractivity contribution in [3.63, 3.8) is 0 Å². The van der Waals surface area contributed by atoms with Crippen LogP contribution in [0.5, 0.6) is 0 Å². The second-order valence-corrected chi connectivity index (χ2v) is 5.89. The molecule has 1 fully saturated rings. The van der Waals surface area contributed by atoms with Crippen molar-refractivity contribution in [1.82, 2.24) is 15.0 Å². The van der Waals surface area contributed by atoms with Gasteiger partial charge in [0.05, 0.1) is 0 Å². The van der Waals surface area contributed by atoms with Crippen molar-refractivity contribution in [1.29, 1.82) is 0 Å². The van der Waals surface area contributed by atoms with E-state index in [-0.39, 0.29) is 11.8 Å². The van der Waals surface area contributed by atoms with Gasteiger partial charge in [-0.2, -0.15) is 0 Å². The topological polar surface area (TPSA) is 79.8 Å². The van der Waals surface area contributed by atoms with Crippen LogP contribution in [0.3, 0.4) is 0 Å². The fraction of sp³-hybridized carbons (Fsp3) is 0.222. The van der Waals surface area contributed by atoms with Gasteiger partial charge in [-0.05, 0) is 42.0 Å². The van der Waals surface area contributed by atoms with Crippen LogP contribution in [-0.4, -0.2) is 27.9 Å². The van der Waals surface area contributed by atoms with E-state index in [4.69, 9.17) is 0 Å². The lowest BCUT2D eigenvalue weighted by Gasteiger charge is -2.12. The summed E-state index contributed by atoms with van der Waals surface area (Å²) in [6, 6.07) is 5.80. The van der Waals surface area contributed by atoms with Crippen molar-refractivity contribution in [2.45, 2.75) is 12.8 Å². The Hall–Kier alpha value is -3.02. The van der Waals surface area contributed by atoms with Gasteiger partial charge in [-0.15, -0.1) is 0 Å². The van der Waals surface area contributed by atoms with E-state index in [0.29, 0.717) is 5.82 Å². The smallest absolute Gasteiger partial charge is 0.228 e. The summed E-state index contributed by atoms with van der Waals surface area (Å²) >= 11 is 0. The highest BCUT2D eigenvalue weighted by Gasteiger charge is 2.29. The third-order valence-corrected chi connectivity index (χ3v) is 4.20. The van der Waals surface area contributed by atoms with Crippen LogP contribution < -0.4 is 10.6 Å². The summed E-state index contributed by atoms with van der Waals surface area (Å²) in [5, 5.41) is 7.90. The summed E-state index contributed by atoms with van der Waals surface area (Å²) in [7, 11) is 1.83. The molecule has 0 aromatic carbocycles. The molecule has 0 saturated heterocycles. The number of anilines is 2. The van der Waals surface area contributed by atoms with E-state index in [1.807, 2.05) is 31.4 Å². The van der Waals surface area contributed by atoms with Crippen molar-refractivity contribution < 1.29 is 4.79 Å². The molecule has 6 heteroatoms. The predicted octanol–water partition coefficient (Wildman–Crippen LogP) is 3.08. The quantitative estimate of drug-likeness (QED) is 0.772. The van der Waals surface area contributed by atoms with Gasteiger partial charge >= 0.3 is 0 Å². The van der Waals surface area contributed by atoms with Gasteiger partial charge in [0.1, 0.15) is 11.6 Å². The molecular weight excluding hydrogens is 302 g/mol. The molecule has 3 heterocycles. The summed E-state index contributed by atoms with van der Waals surface area (Å²) < 4.78 is 0. The number of hydrogen-bond donors (Lipinski definition) is 2. The van der Waals surface area contributed by atoms with Gasteiger partial charge in [0, 0.05) is 48.7 Å². The minimum atomic E-state index is 0.0511. The Bertz CT molecular complexity index is 906. The average Bonchev–Trinajstić information content (AvgIpc) is 3.46. The number of pyridine rings is 3. The first-order valence-corrected chi connectivity index (χ1v) is 7.94. The van der Waals surface area contributed by atoms with E-state index in [1.165, 1.54) is 0 Å². The minimum absolute atomic E-state index is 0.0511.